The Morgan fingerprint density at radius 2 is 1.97 bits per heavy atom. The van der Waals surface area contributed by atoms with Crippen molar-refractivity contribution in [2.75, 3.05) is 38.6 Å². The number of thioether (sulfide) groups is 1. The van der Waals surface area contributed by atoms with Crippen molar-refractivity contribution >= 4 is 29.3 Å². The number of ether oxygens (including phenoxy) is 1. The van der Waals surface area contributed by atoms with Crippen molar-refractivity contribution in [1.82, 2.24) is 15.2 Å². The van der Waals surface area contributed by atoms with E-state index in [0.717, 1.165) is 42.7 Å². The molecule has 10 heteroatoms. The zero-order valence-electron chi connectivity index (χ0n) is 16.0. The number of carbonyl (C=O) groups excluding carboxylic acids is 1. The van der Waals surface area contributed by atoms with Gasteiger partial charge in [0, 0.05) is 30.9 Å². The molecule has 2 aromatic rings. The molecule has 0 aliphatic carbocycles. The van der Waals surface area contributed by atoms with E-state index in [9.17, 15) is 18.0 Å². The van der Waals surface area contributed by atoms with Crippen molar-refractivity contribution in [3.63, 3.8) is 0 Å². The number of halogens is 4. The second-order valence-electron chi connectivity index (χ2n) is 6.66. The van der Waals surface area contributed by atoms with Crippen LogP contribution in [0.3, 0.4) is 0 Å². The second kappa shape index (κ2) is 10.5. The van der Waals surface area contributed by atoms with Crippen LogP contribution in [0, 0.1) is 0 Å². The van der Waals surface area contributed by atoms with Crippen LogP contribution in [0.5, 0.6) is 0 Å². The number of hydrogen-bond acceptors (Lipinski definition) is 5. The molecule has 0 radical (unpaired) electrons. The summed E-state index contributed by atoms with van der Waals surface area (Å²) < 4.78 is 43.2. The first kappa shape index (κ1) is 22.9. The summed E-state index contributed by atoms with van der Waals surface area (Å²) in [7, 11) is 0. The maximum absolute atomic E-state index is 12.6. The normalized spacial score (nSPS) is 16.3. The number of nitrogens with one attached hydrogen (secondary N) is 1. The van der Waals surface area contributed by atoms with Crippen LogP contribution in [0.15, 0.2) is 47.6 Å². The van der Waals surface area contributed by atoms with Crippen molar-refractivity contribution < 1.29 is 22.7 Å². The molecule has 0 bridgehead atoms. The minimum absolute atomic E-state index is 0.0523. The molecule has 1 N–H and O–H groups in total. The van der Waals surface area contributed by atoms with Crippen LogP contribution in [0.1, 0.15) is 17.2 Å². The van der Waals surface area contributed by atoms with E-state index in [1.807, 2.05) is 24.3 Å². The molecule has 162 valence electrons. The first-order valence-electron chi connectivity index (χ1n) is 9.33. The van der Waals surface area contributed by atoms with E-state index in [2.05, 4.69) is 15.2 Å². The molecule has 1 atom stereocenters. The average Bonchev–Trinajstić information content (AvgIpc) is 2.74. The predicted molar refractivity (Wildman–Crippen MR) is 110 cm³/mol. The van der Waals surface area contributed by atoms with Gasteiger partial charge in [-0.15, -0.1) is 0 Å². The first-order valence-corrected chi connectivity index (χ1v) is 10.7. The van der Waals surface area contributed by atoms with E-state index in [1.165, 1.54) is 6.07 Å². The quantitative estimate of drug-likeness (QED) is 0.633. The lowest BCUT2D eigenvalue weighted by atomic mass is 10.0. The molecule has 3 rings (SSSR count). The molecule has 0 spiro atoms. The highest BCUT2D eigenvalue weighted by atomic mass is 35.5. The van der Waals surface area contributed by atoms with Crippen LogP contribution in [0.25, 0.3) is 0 Å². The third-order valence-corrected chi connectivity index (χ3v) is 5.95. The number of benzene rings is 1. The van der Waals surface area contributed by atoms with Gasteiger partial charge in [0.05, 0.1) is 35.6 Å². The lowest BCUT2D eigenvalue weighted by Crippen LogP contribution is -2.44. The number of aromatic nitrogens is 1. The Kier molecular flexibility index (Phi) is 7.99. The maximum Gasteiger partial charge on any atom is 0.417 e. The zero-order chi connectivity index (χ0) is 21.6. The Balaban J connectivity index is 1.57. The molecule has 1 saturated heterocycles. The molecule has 2 heterocycles. The van der Waals surface area contributed by atoms with Gasteiger partial charge in [0.2, 0.25) is 5.91 Å². The maximum atomic E-state index is 12.6. The third kappa shape index (κ3) is 6.34. The van der Waals surface area contributed by atoms with E-state index in [0.29, 0.717) is 29.8 Å². The first-order chi connectivity index (χ1) is 14.3. The number of hydrogen-bond donors (Lipinski definition) is 1. The molecular weight excluding hydrogens is 439 g/mol. The van der Waals surface area contributed by atoms with Gasteiger partial charge in [0.25, 0.3) is 0 Å². The summed E-state index contributed by atoms with van der Waals surface area (Å²) in [5.74, 6) is -0.177. The van der Waals surface area contributed by atoms with Gasteiger partial charge in [-0.05, 0) is 23.8 Å². The minimum Gasteiger partial charge on any atom is -0.379 e. The number of carbonyl (C=O) groups is 1. The molecule has 0 saturated carbocycles. The van der Waals surface area contributed by atoms with Crippen LogP contribution < -0.4 is 5.32 Å². The molecule has 30 heavy (non-hydrogen) atoms. The smallest absolute Gasteiger partial charge is 0.379 e. The highest BCUT2D eigenvalue weighted by Gasteiger charge is 2.30. The summed E-state index contributed by atoms with van der Waals surface area (Å²) in [4.78, 5) is 18.3. The molecule has 1 unspecified atom stereocenters. The van der Waals surface area contributed by atoms with E-state index in [4.69, 9.17) is 16.3 Å². The Hall–Kier alpha value is -1.81. The van der Waals surface area contributed by atoms with Gasteiger partial charge < -0.3 is 10.1 Å². The van der Waals surface area contributed by atoms with Gasteiger partial charge in [-0.3, -0.25) is 9.69 Å². The number of rotatable bonds is 7. The second-order valence-corrected chi connectivity index (χ2v) is 8.06. The van der Waals surface area contributed by atoms with E-state index >= 15 is 0 Å². The van der Waals surface area contributed by atoms with Crippen molar-refractivity contribution in [2.24, 2.45) is 0 Å². The SMILES string of the molecule is O=C(CSc1ccc(C(F)(F)F)cn1)NCC(c1ccccc1Cl)N1CCOCC1. The van der Waals surface area contributed by atoms with Crippen molar-refractivity contribution in [1.29, 1.82) is 0 Å². The van der Waals surface area contributed by atoms with Gasteiger partial charge in [0.1, 0.15) is 0 Å². The Morgan fingerprint density at radius 1 is 1.23 bits per heavy atom. The Morgan fingerprint density at radius 3 is 2.60 bits per heavy atom. The van der Waals surface area contributed by atoms with Crippen LogP contribution in [0.4, 0.5) is 13.2 Å². The molecule has 1 amide bonds. The van der Waals surface area contributed by atoms with Crippen LogP contribution >= 0.6 is 23.4 Å². The largest absolute Gasteiger partial charge is 0.417 e. The van der Waals surface area contributed by atoms with E-state index in [-0.39, 0.29) is 17.7 Å². The monoisotopic (exact) mass is 459 g/mol. The Bertz CT molecular complexity index is 846. The molecule has 5 nitrogen and oxygen atoms in total. The lowest BCUT2D eigenvalue weighted by Gasteiger charge is -2.35. The molecule has 1 aromatic heterocycles. The van der Waals surface area contributed by atoms with Gasteiger partial charge in [-0.25, -0.2) is 4.98 Å². The lowest BCUT2D eigenvalue weighted by molar-refractivity contribution is -0.137. The fourth-order valence-corrected chi connectivity index (χ4v) is 4.04. The summed E-state index contributed by atoms with van der Waals surface area (Å²) in [5.41, 5.74) is 0.114. The van der Waals surface area contributed by atoms with E-state index < -0.39 is 11.7 Å². The number of nitrogens with zero attached hydrogens (tertiary/aromatic N) is 2. The van der Waals surface area contributed by atoms with Gasteiger partial charge in [-0.2, -0.15) is 13.2 Å². The van der Waals surface area contributed by atoms with Crippen LogP contribution in [0.2, 0.25) is 5.02 Å². The molecule has 1 aromatic carbocycles. The average molecular weight is 460 g/mol. The van der Waals surface area contributed by atoms with Crippen LogP contribution in [-0.4, -0.2) is 54.4 Å². The van der Waals surface area contributed by atoms with Gasteiger partial charge in [-0.1, -0.05) is 41.6 Å². The zero-order valence-corrected chi connectivity index (χ0v) is 17.6. The van der Waals surface area contributed by atoms with Crippen molar-refractivity contribution in [2.45, 2.75) is 17.2 Å². The highest BCUT2D eigenvalue weighted by Crippen LogP contribution is 2.30. The standard InChI is InChI=1S/C20H21ClF3N3O2S/c21-16-4-2-1-3-15(16)17(27-7-9-29-10-8-27)12-25-18(28)13-30-19-6-5-14(11-26-19)20(22,23)24/h1-6,11,17H,7-10,12-13H2,(H,25,28). The molecular formula is C20H21ClF3N3O2S. The van der Waals surface area contributed by atoms with Crippen LogP contribution in [-0.2, 0) is 15.7 Å². The molecule has 1 aliphatic rings. The third-order valence-electron chi connectivity index (χ3n) is 4.66. The molecule has 1 aliphatic heterocycles. The number of morpholine rings is 1. The summed E-state index contributed by atoms with van der Waals surface area (Å²) in [5, 5.41) is 3.89. The number of amides is 1. The Labute approximate surface area is 181 Å². The van der Waals surface area contributed by atoms with E-state index in [1.54, 1.807) is 0 Å². The topological polar surface area (TPSA) is 54.5 Å². The molecule has 1 fully saturated rings. The fraction of sp³-hybridized carbons (Fsp3) is 0.400. The fourth-order valence-electron chi connectivity index (χ4n) is 3.10. The van der Waals surface area contributed by atoms with Crippen molar-refractivity contribution in [3.8, 4) is 0 Å². The number of alkyl halides is 3. The minimum atomic E-state index is -4.43. The van der Waals surface area contributed by atoms with Gasteiger partial charge >= 0.3 is 6.18 Å². The predicted octanol–water partition coefficient (Wildman–Crippen LogP) is 4.04. The van der Waals surface area contributed by atoms with Crippen molar-refractivity contribution in [3.05, 3.63) is 58.7 Å². The summed E-state index contributed by atoms with van der Waals surface area (Å²) >= 11 is 7.46. The summed E-state index contributed by atoms with van der Waals surface area (Å²) in [6, 6.07) is 9.64. The summed E-state index contributed by atoms with van der Waals surface area (Å²) in [6.45, 7) is 3.06. The summed E-state index contributed by atoms with van der Waals surface area (Å²) in [6.07, 6.45) is -3.66. The van der Waals surface area contributed by atoms with Gasteiger partial charge in [0.15, 0.2) is 0 Å². The number of pyridine rings is 1. The highest BCUT2D eigenvalue weighted by molar-refractivity contribution is 7.99.